The monoisotopic (exact) mass is 421 g/mol. The number of carbonyl (C=O) groups excluding carboxylic acids is 2. The number of ketones is 1. The minimum Gasteiger partial charge on any atom is -0.325 e. The lowest BCUT2D eigenvalue weighted by atomic mass is 10.1. The van der Waals surface area contributed by atoms with Gasteiger partial charge in [-0.1, -0.05) is 12.1 Å². The van der Waals surface area contributed by atoms with Gasteiger partial charge in [0.2, 0.25) is 5.91 Å². The molecular weight excluding hydrogens is 405 g/mol. The van der Waals surface area contributed by atoms with Crippen LogP contribution in [0, 0.1) is 5.82 Å². The average Bonchev–Trinajstić information content (AvgIpc) is 3.16. The van der Waals surface area contributed by atoms with Gasteiger partial charge in [0, 0.05) is 22.2 Å². The molecule has 30 heavy (non-hydrogen) atoms. The number of Topliss-reactive ketones (excluding diaryl/α,β-unsaturated/α-hetero) is 1. The minimum atomic E-state index is -0.396. The van der Waals surface area contributed by atoms with Crippen molar-refractivity contribution in [2.24, 2.45) is 0 Å². The number of anilines is 1. The van der Waals surface area contributed by atoms with E-state index in [1.54, 1.807) is 41.8 Å². The van der Waals surface area contributed by atoms with Crippen molar-refractivity contribution in [3.63, 3.8) is 0 Å². The first-order chi connectivity index (χ1) is 14.4. The van der Waals surface area contributed by atoms with E-state index in [1.165, 1.54) is 41.3 Å². The number of hydrogen-bond acceptors (Lipinski definition) is 5. The van der Waals surface area contributed by atoms with Gasteiger partial charge in [0.05, 0.1) is 11.7 Å². The van der Waals surface area contributed by atoms with E-state index in [1.807, 2.05) is 0 Å². The van der Waals surface area contributed by atoms with E-state index in [2.05, 4.69) is 10.3 Å². The molecule has 6 nitrogen and oxygen atoms in total. The molecule has 4 rings (SSSR count). The van der Waals surface area contributed by atoms with E-state index < -0.39 is 5.91 Å². The van der Waals surface area contributed by atoms with E-state index in [4.69, 9.17) is 0 Å². The van der Waals surface area contributed by atoms with Crippen LogP contribution in [-0.4, -0.2) is 21.2 Å². The lowest BCUT2D eigenvalue weighted by molar-refractivity contribution is -0.116. The normalized spacial score (nSPS) is 10.9. The maximum absolute atomic E-state index is 13.2. The highest BCUT2D eigenvalue weighted by Gasteiger charge is 2.15. The average molecular weight is 421 g/mol. The molecule has 1 N–H and O–H groups in total. The lowest BCUT2D eigenvalue weighted by Gasteiger charge is -2.08. The van der Waals surface area contributed by atoms with Crippen molar-refractivity contribution in [2.45, 2.75) is 13.5 Å². The molecule has 0 saturated carbocycles. The summed E-state index contributed by atoms with van der Waals surface area (Å²) in [5.41, 5.74) is 2.08. The zero-order valence-electron chi connectivity index (χ0n) is 15.9. The van der Waals surface area contributed by atoms with E-state index in [0.717, 1.165) is 0 Å². The zero-order valence-corrected chi connectivity index (χ0v) is 16.7. The fourth-order valence-electron chi connectivity index (χ4n) is 3.07. The van der Waals surface area contributed by atoms with E-state index in [0.29, 0.717) is 32.6 Å². The van der Waals surface area contributed by atoms with Crippen LogP contribution in [0.3, 0.4) is 0 Å². The lowest BCUT2D eigenvalue weighted by Crippen LogP contribution is -2.27. The van der Waals surface area contributed by atoms with Crippen molar-refractivity contribution in [2.75, 3.05) is 5.32 Å². The van der Waals surface area contributed by atoms with Crippen LogP contribution in [0.15, 0.2) is 65.0 Å². The van der Waals surface area contributed by atoms with Gasteiger partial charge in [-0.05, 0) is 48.9 Å². The Morgan fingerprint density at radius 1 is 1.10 bits per heavy atom. The molecule has 0 aliphatic carbocycles. The highest BCUT2D eigenvalue weighted by Crippen LogP contribution is 2.30. The molecular formula is C22H16FN3O3S. The molecule has 150 valence electrons. The summed E-state index contributed by atoms with van der Waals surface area (Å²) < 4.78 is 14.5. The highest BCUT2D eigenvalue weighted by atomic mass is 32.1. The van der Waals surface area contributed by atoms with E-state index >= 15 is 0 Å². The third-order valence-corrected chi connectivity index (χ3v) is 5.49. The van der Waals surface area contributed by atoms with E-state index in [-0.39, 0.29) is 23.7 Å². The van der Waals surface area contributed by atoms with Gasteiger partial charge in [-0.3, -0.25) is 19.0 Å². The van der Waals surface area contributed by atoms with Gasteiger partial charge in [-0.25, -0.2) is 9.37 Å². The van der Waals surface area contributed by atoms with Crippen LogP contribution in [0.4, 0.5) is 10.1 Å². The van der Waals surface area contributed by atoms with Gasteiger partial charge in [-0.15, -0.1) is 11.3 Å². The van der Waals surface area contributed by atoms with Crippen molar-refractivity contribution >= 4 is 38.9 Å². The summed E-state index contributed by atoms with van der Waals surface area (Å²) >= 11 is 1.31. The molecule has 1 amide bonds. The standard InChI is InChI=1S/C22H16FN3O3S/c1-13(27)14-4-8-17(9-5-14)25-19(28)10-26-12-24-21-20(22(26)29)18(11-30-21)15-2-6-16(23)7-3-15/h2-9,11-12H,10H2,1H3,(H,25,28). The van der Waals surface area contributed by atoms with Crippen molar-refractivity contribution in [1.82, 2.24) is 9.55 Å². The molecule has 2 heterocycles. The van der Waals surface area contributed by atoms with Crippen LogP contribution in [0.2, 0.25) is 0 Å². The van der Waals surface area contributed by atoms with Crippen LogP contribution < -0.4 is 10.9 Å². The van der Waals surface area contributed by atoms with Gasteiger partial charge in [0.15, 0.2) is 5.78 Å². The molecule has 0 unspecified atom stereocenters. The topological polar surface area (TPSA) is 81.1 Å². The first kappa shape index (κ1) is 19.7. The van der Waals surface area contributed by atoms with Crippen LogP contribution in [0.1, 0.15) is 17.3 Å². The number of hydrogen-bond donors (Lipinski definition) is 1. The predicted molar refractivity (Wildman–Crippen MR) is 114 cm³/mol. The molecule has 0 spiro atoms. The molecule has 0 radical (unpaired) electrons. The Morgan fingerprint density at radius 2 is 1.80 bits per heavy atom. The van der Waals surface area contributed by atoms with Crippen LogP contribution >= 0.6 is 11.3 Å². The molecule has 0 fully saturated rings. The van der Waals surface area contributed by atoms with Gasteiger partial charge in [0.1, 0.15) is 17.2 Å². The molecule has 0 aliphatic heterocycles. The second-order valence-corrected chi connectivity index (χ2v) is 7.55. The Bertz CT molecular complexity index is 1310. The molecule has 2 aromatic heterocycles. The number of amides is 1. The molecule has 8 heteroatoms. The summed E-state index contributed by atoms with van der Waals surface area (Å²) in [6.45, 7) is 1.25. The summed E-state index contributed by atoms with van der Waals surface area (Å²) in [5.74, 6) is -0.819. The second kappa shape index (κ2) is 8.00. The van der Waals surface area contributed by atoms with Crippen LogP contribution in [0.25, 0.3) is 21.3 Å². The highest BCUT2D eigenvalue weighted by molar-refractivity contribution is 7.17. The van der Waals surface area contributed by atoms with E-state index in [9.17, 15) is 18.8 Å². The Kier molecular flexibility index (Phi) is 5.24. The smallest absolute Gasteiger partial charge is 0.263 e. The second-order valence-electron chi connectivity index (χ2n) is 6.70. The molecule has 4 aromatic rings. The number of thiophene rings is 1. The maximum Gasteiger partial charge on any atom is 0.263 e. The molecule has 0 saturated heterocycles. The van der Waals surface area contributed by atoms with Crippen molar-refractivity contribution in [3.8, 4) is 11.1 Å². The van der Waals surface area contributed by atoms with Gasteiger partial charge >= 0.3 is 0 Å². The predicted octanol–water partition coefficient (Wildman–Crippen LogP) is 4.11. The number of carbonyl (C=O) groups is 2. The number of nitrogens with one attached hydrogen (secondary N) is 1. The van der Waals surface area contributed by atoms with Gasteiger partial charge in [0.25, 0.3) is 5.56 Å². The Morgan fingerprint density at radius 3 is 2.47 bits per heavy atom. The first-order valence-corrected chi connectivity index (χ1v) is 9.94. The third kappa shape index (κ3) is 3.90. The Balaban J connectivity index is 1.60. The summed E-state index contributed by atoms with van der Waals surface area (Å²) in [5, 5.41) is 4.90. The van der Waals surface area contributed by atoms with Gasteiger partial charge < -0.3 is 5.32 Å². The fourth-order valence-corrected chi connectivity index (χ4v) is 3.97. The van der Waals surface area contributed by atoms with Crippen molar-refractivity contribution in [1.29, 1.82) is 0 Å². The van der Waals surface area contributed by atoms with Crippen LogP contribution in [0.5, 0.6) is 0 Å². The van der Waals surface area contributed by atoms with Gasteiger partial charge in [-0.2, -0.15) is 0 Å². The van der Waals surface area contributed by atoms with Crippen molar-refractivity contribution < 1.29 is 14.0 Å². The summed E-state index contributed by atoms with van der Waals surface area (Å²) in [6.07, 6.45) is 1.34. The summed E-state index contributed by atoms with van der Waals surface area (Å²) in [6, 6.07) is 12.4. The molecule has 0 aliphatic rings. The third-order valence-electron chi connectivity index (χ3n) is 4.61. The number of fused-ring (bicyclic) bond motifs is 1. The Hall–Kier alpha value is -3.65. The number of nitrogens with zero attached hydrogens (tertiary/aromatic N) is 2. The van der Waals surface area contributed by atoms with Crippen LogP contribution in [-0.2, 0) is 11.3 Å². The quantitative estimate of drug-likeness (QED) is 0.492. The first-order valence-electron chi connectivity index (χ1n) is 9.06. The molecule has 0 bridgehead atoms. The number of rotatable bonds is 5. The largest absolute Gasteiger partial charge is 0.325 e. The minimum absolute atomic E-state index is 0.0634. The van der Waals surface area contributed by atoms with Crippen molar-refractivity contribution in [3.05, 3.63) is 82.0 Å². The summed E-state index contributed by atoms with van der Waals surface area (Å²) in [4.78, 5) is 41.6. The SMILES string of the molecule is CC(=O)c1ccc(NC(=O)Cn2cnc3scc(-c4ccc(F)cc4)c3c2=O)cc1. The number of halogens is 1. The number of aromatic nitrogens is 2. The summed E-state index contributed by atoms with van der Waals surface area (Å²) in [7, 11) is 0. The Labute approximate surface area is 174 Å². The molecule has 2 aromatic carbocycles. The molecule has 0 atom stereocenters. The number of benzene rings is 2. The zero-order chi connectivity index (χ0) is 21.3. The fraction of sp³-hybridized carbons (Fsp3) is 0.0909. The maximum atomic E-state index is 13.2.